The molecule has 4 nitrogen and oxygen atoms in total. The van der Waals surface area contributed by atoms with Crippen LogP contribution in [0.5, 0.6) is 0 Å². The van der Waals surface area contributed by atoms with E-state index in [0.29, 0.717) is 11.1 Å². The number of aryl methyl sites for hydroxylation is 1. The molecule has 0 unspecified atom stereocenters. The van der Waals surface area contributed by atoms with Crippen LogP contribution < -0.4 is 0 Å². The molecule has 0 spiro atoms. The third-order valence-electron chi connectivity index (χ3n) is 8.51. The van der Waals surface area contributed by atoms with Crippen LogP contribution in [0.15, 0.2) is 127 Å². The molecule has 200 valence electrons. The van der Waals surface area contributed by atoms with Crippen LogP contribution in [0, 0.1) is 29.6 Å². The predicted molar refractivity (Wildman–Crippen MR) is 175 cm³/mol. The average Bonchev–Trinajstić information content (AvgIpc) is 3.57. The SMILES string of the molecule is Cc1cc(C#N)c(C#N)cc1-n1c2ccccc2c2c(-c3ccc4c5ccccc5n(-c5ccccc5)c4c3)cccc21. The molecule has 2 aromatic heterocycles. The predicted octanol–water partition coefficient (Wildman–Crippen LogP) is 9.60. The van der Waals surface area contributed by atoms with E-state index in [-0.39, 0.29) is 0 Å². The van der Waals surface area contributed by atoms with Gasteiger partial charge in [-0.2, -0.15) is 10.5 Å². The van der Waals surface area contributed by atoms with Crippen LogP contribution >= 0.6 is 0 Å². The van der Waals surface area contributed by atoms with E-state index in [1.54, 1.807) is 0 Å². The molecule has 0 saturated heterocycles. The van der Waals surface area contributed by atoms with Gasteiger partial charge in [-0.15, -0.1) is 0 Å². The standard InChI is InChI=1S/C39H24N4/c1-25-20-27(23-40)28(24-41)22-37(25)43-35-16-8-6-13-33(35)39-30(14-9-17-36(39)43)26-18-19-32-31-12-5-7-15-34(31)42(38(32)21-26)29-10-3-2-4-11-29/h2-22H,1H3. The summed E-state index contributed by atoms with van der Waals surface area (Å²) >= 11 is 0. The molecule has 0 fully saturated rings. The minimum absolute atomic E-state index is 0.379. The third-order valence-corrected chi connectivity index (χ3v) is 8.51. The highest BCUT2D eigenvalue weighted by molar-refractivity contribution is 6.17. The molecule has 6 aromatic carbocycles. The van der Waals surface area contributed by atoms with Crippen molar-refractivity contribution in [2.45, 2.75) is 6.92 Å². The first-order valence-corrected chi connectivity index (χ1v) is 14.2. The van der Waals surface area contributed by atoms with Crippen molar-refractivity contribution in [3.63, 3.8) is 0 Å². The molecule has 8 aromatic rings. The van der Waals surface area contributed by atoms with E-state index in [4.69, 9.17) is 0 Å². The molecule has 0 amide bonds. The number of hydrogen-bond donors (Lipinski definition) is 0. The van der Waals surface area contributed by atoms with Crippen molar-refractivity contribution in [3.8, 4) is 34.6 Å². The quantitative estimate of drug-likeness (QED) is 0.221. The molecule has 0 aliphatic heterocycles. The van der Waals surface area contributed by atoms with Gasteiger partial charge in [0.25, 0.3) is 0 Å². The maximum absolute atomic E-state index is 9.81. The molecule has 8 rings (SSSR count). The van der Waals surface area contributed by atoms with Crippen molar-refractivity contribution in [2.75, 3.05) is 0 Å². The van der Waals surface area contributed by atoms with Gasteiger partial charge < -0.3 is 9.13 Å². The molecule has 0 aliphatic rings. The first-order valence-electron chi connectivity index (χ1n) is 14.2. The van der Waals surface area contributed by atoms with Gasteiger partial charge in [0, 0.05) is 27.2 Å². The van der Waals surface area contributed by atoms with E-state index in [0.717, 1.165) is 55.4 Å². The maximum Gasteiger partial charge on any atom is 0.101 e. The summed E-state index contributed by atoms with van der Waals surface area (Å²) in [5.41, 5.74) is 10.5. The Morgan fingerprint density at radius 2 is 1.14 bits per heavy atom. The molecule has 43 heavy (non-hydrogen) atoms. The summed E-state index contributed by atoms with van der Waals surface area (Å²) in [4.78, 5) is 0. The molecule has 0 bridgehead atoms. The summed E-state index contributed by atoms with van der Waals surface area (Å²) in [7, 11) is 0. The van der Waals surface area contributed by atoms with Gasteiger partial charge >= 0.3 is 0 Å². The molecule has 0 aliphatic carbocycles. The lowest BCUT2D eigenvalue weighted by atomic mass is 9.98. The second-order valence-electron chi connectivity index (χ2n) is 10.9. The van der Waals surface area contributed by atoms with E-state index < -0.39 is 0 Å². The zero-order chi connectivity index (χ0) is 29.1. The van der Waals surface area contributed by atoms with E-state index in [2.05, 4.69) is 130 Å². The zero-order valence-electron chi connectivity index (χ0n) is 23.4. The average molecular weight is 549 g/mol. The lowest BCUT2D eigenvalue weighted by Gasteiger charge is -2.13. The Morgan fingerprint density at radius 3 is 1.91 bits per heavy atom. The minimum Gasteiger partial charge on any atom is -0.309 e. The fourth-order valence-electron chi connectivity index (χ4n) is 6.64. The first-order chi connectivity index (χ1) is 21.2. The smallest absolute Gasteiger partial charge is 0.101 e. The Hall–Kier alpha value is -6.10. The highest BCUT2D eigenvalue weighted by atomic mass is 15.0. The van der Waals surface area contributed by atoms with Crippen LogP contribution in [0.1, 0.15) is 16.7 Å². The van der Waals surface area contributed by atoms with Crippen LogP contribution in [0.2, 0.25) is 0 Å². The summed E-state index contributed by atoms with van der Waals surface area (Å²) in [6.07, 6.45) is 0. The number of benzene rings is 6. The molecule has 2 heterocycles. The molecular formula is C39H24N4. The molecule has 0 N–H and O–H groups in total. The Morgan fingerprint density at radius 1 is 0.512 bits per heavy atom. The van der Waals surface area contributed by atoms with E-state index >= 15 is 0 Å². The number of nitrogens with zero attached hydrogens (tertiary/aromatic N) is 4. The maximum atomic E-state index is 9.81. The summed E-state index contributed by atoms with van der Waals surface area (Å²) in [6.45, 7) is 2.00. The second-order valence-corrected chi connectivity index (χ2v) is 10.9. The van der Waals surface area contributed by atoms with Crippen LogP contribution in [-0.4, -0.2) is 9.13 Å². The first kappa shape index (κ1) is 24.7. The van der Waals surface area contributed by atoms with Crippen molar-refractivity contribution >= 4 is 43.6 Å². The summed E-state index contributed by atoms with van der Waals surface area (Å²) < 4.78 is 4.58. The van der Waals surface area contributed by atoms with Gasteiger partial charge in [-0.05, 0) is 72.1 Å². The minimum atomic E-state index is 0.379. The monoisotopic (exact) mass is 548 g/mol. The van der Waals surface area contributed by atoms with Crippen molar-refractivity contribution in [1.82, 2.24) is 9.13 Å². The van der Waals surface area contributed by atoms with Gasteiger partial charge in [-0.1, -0.05) is 78.9 Å². The molecule has 4 heteroatoms. The van der Waals surface area contributed by atoms with Crippen molar-refractivity contribution in [3.05, 3.63) is 144 Å². The van der Waals surface area contributed by atoms with Gasteiger partial charge in [-0.25, -0.2) is 0 Å². The van der Waals surface area contributed by atoms with Crippen LogP contribution in [0.25, 0.3) is 66.1 Å². The highest BCUT2D eigenvalue weighted by Crippen LogP contribution is 2.41. The van der Waals surface area contributed by atoms with Crippen molar-refractivity contribution < 1.29 is 0 Å². The Bertz CT molecular complexity index is 2480. The van der Waals surface area contributed by atoms with Gasteiger partial charge in [0.15, 0.2) is 0 Å². The second kappa shape index (κ2) is 9.48. The number of rotatable bonds is 3. The zero-order valence-corrected chi connectivity index (χ0v) is 23.4. The molecular weight excluding hydrogens is 524 g/mol. The van der Waals surface area contributed by atoms with Crippen molar-refractivity contribution in [2.24, 2.45) is 0 Å². The normalized spacial score (nSPS) is 11.3. The topological polar surface area (TPSA) is 57.4 Å². The van der Waals surface area contributed by atoms with Gasteiger partial charge in [0.05, 0.1) is 38.9 Å². The number of aromatic nitrogens is 2. The Kier molecular flexibility index (Phi) is 5.44. The van der Waals surface area contributed by atoms with Gasteiger partial charge in [-0.3, -0.25) is 0 Å². The highest BCUT2D eigenvalue weighted by Gasteiger charge is 2.19. The summed E-state index contributed by atoms with van der Waals surface area (Å²) in [5, 5.41) is 24.2. The van der Waals surface area contributed by atoms with E-state index in [1.165, 1.54) is 16.3 Å². The number of fused-ring (bicyclic) bond motifs is 6. The molecule has 0 atom stereocenters. The molecule has 0 radical (unpaired) electrons. The largest absolute Gasteiger partial charge is 0.309 e. The van der Waals surface area contributed by atoms with Crippen molar-refractivity contribution in [1.29, 1.82) is 10.5 Å². The molecule has 0 saturated carbocycles. The van der Waals surface area contributed by atoms with Crippen LogP contribution in [0.4, 0.5) is 0 Å². The number of nitriles is 2. The van der Waals surface area contributed by atoms with Crippen LogP contribution in [-0.2, 0) is 0 Å². The van der Waals surface area contributed by atoms with Crippen LogP contribution in [0.3, 0.4) is 0 Å². The van der Waals surface area contributed by atoms with E-state index in [1.807, 2.05) is 25.1 Å². The third kappa shape index (κ3) is 3.61. The van der Waals surface area contributed by atoms with E-state index in [9.17, 15) is 10.5 Å². The number of hydrogen-bond acceptors (Lipinski definition) is 2. The lowest BCUT2D eigenvalue weighted by Crippen LogP contribution is -1.99. The summed E-state index contributed by atoms with van der Waals surface area (Å²) in [5.74, 6) is 0. The summed E-state index contributed by atoms with van der Waals surface area (Å²) in [6, 6.07) is 48.8. The Labute approximate surface area is 248 Å². The number of para-hydroxylation sites is 3. The lowest BCUT2D eigenvalue weighted by molar-refractivity contribution is 1.14. The fraction of sp³-hybridized carbons (Fsp3) is 0.0256. The Balaban J connectivity index is 1.45. The van der Waals surface area contributed by atoms with Gasteiger partial charge in [0.1, 0.15) is 12.1 Å². The van der Waals surface area contributed by atoms with Gasteiger partial charge in [0.2, 0.25) is 0 Å². The fourth-order valence-corrected chi connectivity index (χ4v) is 6.64.